The summed E-state index contributed by atoms with van der Waals surface area (Å²) in [7, 11) is 0.987. The molecule has 0 saturated carbocycles. The van der Waals surface area contributed by atoms with Crippen molar-refractivity contribution in [1.82, 2.24) is 0 Å². The van der Waals surface area contributed by atoms with Crippen LogP contribution in [-0.2, 0) is 9.31 Å². The highest BCUT2D eigenvalue weighted by molar-refractivity contribution is 6.49. The van der Waals surface area contributed by atoms with Crippen LogP contribution >= 0.6 is 23.2 Å². The summed E-state index contributed by atoms with van der Waals surface area (Å²) in [6.07, 6.45) is 0. The molecule has 4 nitrogen and oxygen atoms in total. The van der Waals surface area contributed by atoms with Crippen molar-refractivity contribution in [3.05, 3.63) is 93.0 Å². The molecule has 0 heterocycles. The Morgan fingerprint density at radius 2 is 1.06 bits per heavy atom. The molecule has 0 saturated heterocycles. The molecule has 0 aliphatic carbocycles. The zero-order valence-electron chi connectivity index (χ0n) is 18.5. The summed E-state index contributed by atoms with van der Waals surface area (Å²) in [6.45, 7) is 4.78. The number of benzene rings is 3. The zero-order chi connectivity index (χ0) is 23.1. The van der Waals surface area contributed by atoms with Crippen molar-refractivity contribution in [2.45, 2.75) is 25.9 Å². The van der Waals surface area contributed by atoms with E-state index < -0.39 is 0 Å². The molecule has 166 valence electrons. The van der Waals surface area contributed by atoms with E-state index in [1.165, 1.54) is 0 Å². The van der Waals surface area contributed by atoms with Gasteiger partial charge in [0.05, 0.1) is 12.1 Å². The van der Waals surface area contributed by atoms with Crippen LogP contribution in [-0.4, -0.2) is 28.2 Å². The Bertz CT molecular complexity index is 953. The summed E-state index contributed by atoms with van der Waals surface area (Å²) >= 11 is 12.4. The van der Waals surface area contributed by atoms with Crippen LogP contribution in [0, 0.1) is 13.8 Å². The maximum absolute atomic E-state index is 6.22. The maximum Gasteiger partial charge on any atom is 0.308 e. The monoisotopic (exact) mass is 468 g/mol. The van der Waals surface area contributed by atoms with Crippen molar-refractivity contribution in [2.24, 2.45) is 11.5 Å². The lowest BCUT2D eigenvalue weighted by Crippen LogP contribution is -2.27. The van der Waals surface area contributed by atoms with E-state index >= 15 is 0 Å². The quantitative estimate of drug-likeness (QED) is 0.449. The molecular weight excluding hydrogens is 441 g/mol. The van der Waals surface area contributed by atoms with Gasteiger partial charge in [0.1, 0.15) is 0 Å². The first-order valence-corrected chi connectivity index (χ1v) is 11.4. The third kappa shape index (κ3) is 7.11. The van der Waals surface area contributed by atoms with Crippen molar-refractivity contribution < 1.29 is 9.31 Å². The largest absolute Gasteiger partial charge is 0.432 e. The molecule has 0 aliphatic rings. The summed E-state index contributed by atoms with van der Waals surface area (Å²) in [4.78, 5) is 0. The molecule has 4 N–H and O–H groups in total. The molecule has 3 aromatic carbocycles. The number of nitrogens with two attached hydrogens (primary N) is 2. The lowest BCUT2D eigenvalue weighted by atomic mass is 9.82. The van der Waals surface area contributed by atoms with Crippen LogP contribution in [0.25, 0.3) is 0 Å². The van der Waals surface area contributed by atoms with Crippen molar-refractivity contribution in [3.63, 3.8) is 0 Å². The molecule has 2 atom stereocenters. The van der Waals surface area contributed by atoms with Crippen LogP contribution in [0.5, 0.6) is 0 Å². The fourth-order valence-electron chi connectivity index (χ4n) is 3.21. The highest BCUT2D eigenvalue weighted by Crippen LogP contribution is 2.21. The minimum Gasteiger partial charge on any atom is -0.432 e. The Morgan fingerprint density at radius 1 is 0.688 bits per heavy atom. The first kappa shape index (κ1) is 24.8. The van der Waals surface area contributed by atoms with E-state index in [0.29, 0.717) is 28.2 Å². The predicted octanol–water partition coefficient (Wildman–Crippen LogP) is 3.00. The lowest BCUT2D eigenvalue weighted by Gasteiger charge is -2.14. The van der Waals surface area contributed by atoms with Gasteiger partial charge in [-0.3, -0.25) is 0 Å². The summed E-state index contributed by atoms with van der Waals surface area (Å²) in [5, 5.41) is 1.44. The van der Waals surface area contributed by atoms with Crippen molar-refractivity contribution in [1.29, 1.82) is 0 Å². The molecule has 0 amide bonds. The molecule has 0 fully saturated rings. The number of hydrogen-bond donors (Lipinski definition) is 2. The van der Waals surface area contributed by atoms with Gasteiger partial charge in [0.25, 0.3) is 0 Å². The van der Waals surface area contributed by atoms with Crippen molar-refractivity contribution in [3.8, 4) is 0 Å². The van der Waals surface area contributed by atoms with E-state index in [-0.39, 0.29) is 12.1 Å². The molecule has 0 radical (unpaired) electrons. The Labute approximate surface area is 201 Å². The average Bonchev–Trinajstić information content (AvgIpc) is 2.78. The highest BCUT2D eigenvalue weighted by Gasteiger charge is 2.10. The predicted molar refractivity (Wildman–Crippen MR) is 138 cm³/mol. The molecule has 3 rings (SSSR count). The van der Waals surface area contributed by atoms with Crippen LogP contribution in [0.1, 0.15) is 34.3 Å². The highest BCUT2D eigenvalue weighted by atomic mass is 35.5. The van der Waals surface area contributed by atoms with Gasteiger partial charge in [0.15, 0.2) is 0 Å². The minimum atomic E-state index is -0.214. The fourth-order valence-corrected chi connectivity index (χ4v) is 3.59. The van der Waals surface area contributed by atoms with E-state index in [4.69, 9.17) is 44.0 Å². The second-order valence-corrected chi connectivity index (χ2v) is 8.89. The van der Waals surface area contributed by atoms with Crippen molar-refractivity contribution in [2.75, 3.05) is 13.2 Å². The summed E-state index contributed by atoms with van der Waals surface area (Å²) < 4.78 is 11.6. The van der Waals surface area contributed by atoms with Gasteiger partial charge in [-0.2, -0.15) is 0 Å². The van der Waals surface area contributed by atoms with Crippen LogP contribution in [0.3, 0.4) is 0 Å². The van der Waals surface area contributed by atoms with E-state index in [1.807, 2.05) is 74.5 Å². The SMILES string of the molecule is Cc1ccc(C(N)COBc2ccc(BOCC(N)c3ccc(C)c(Cl)c3)cc2)cc1Cl. The molecule has 0 aromatic heterocycles. The number of aryl methyl sites for hydroxylation is 2. The second kappa shape index (κ2) is 11.9. The smallest absolute Gasteiger partial charge is 0.308 e. The van der Waals surface area contributed by atoms with Gasteiger partial charge in [0, 0.05) is 23.3 Å². The first-order chi connectivity index (χ1) is 15.3. The third-order valence-corrected chi connectivity index (χ3v) is 6.22. The third-order valence-electron chi connectivity index (χ3n) is 5.40. The first-order valence-electron chi connectivity index (χ1n) is 10.6. The molecule has 8 heteroatoms. The topological polar surface area (TPSA) is 70.5 Å². The van der Waals surface area contributed by atoms with E-state index in [1.54, 1.807) is 0 Å². The maximum atomic E-state index is 6.22. The van der Waals surface area contributed by atoms with Gasteiger partial charge in [-0.25, -0.2) is 0 Å². The Morgan fingerprint density at radius 3 is 1.41 bits per heavy atom. The molecule has 32 heavy (non-hydrogen) atoms. The normalized spacial score (nSPS) is 12.9. The average molecular weight is 469 g/mol. The number of hydrogen-bond acceptors (Lipinski definition) is 4. The zero-order valence-corrected chi connectivity index (χ0v) is 20.0. The second-order valence-electron chi connectivity index (χ2n) is 8.08. The molecular formula is C24H28B2Cl2N2O2. The summed E-state index contributed by atoms with van der Waals surface area (Å²) in [6, 6.07) is 19.4. The number of halogens is 2. The molecule has 0 aliphatic heterocycles. The fraction of sp³-hybridized carbons (Fsp3) is 0.250. The minimum absolute atomic E-state index is 0.214. The Hall–Kier alpha value is -1.79. The Balaban J connectivity index is 1.40. The molecule has 3 aromatic rings. The molecule has 0 bridgehead atoms. The van der Waals surface area contributed by atoms with E-state index in [2.05, 4.69) is 0 Å². The van der Waals surface area contributed by atoms with Crippen molar-refractivity contribution >= 4 is 49.1 Å². The van der Waals surface area contributed by atoms with Gasteiger partial charge in [-0.05, 0) is 48.2 Å². The van der Waals surface area contributed by atoms with E-state index in [0.717, 1.165) is 43.2 Å². The van der Waals surface area contributed by atoms with E-state index in [9.17, 15) is 0 Å². The standard InChI is InChI=1S/C24H28B2Cl2N2O2/c1-15-3-5-17(11-21(15)27)23(29)13-31-25-19-7-9-20(10-8-19)26-32-14-24(30)18-6-4-16(2)22(28)12-18/h3-12,23-26H,13-14,29-30H2,1-2H3. The van der Waals surface area contributed by atoms with Gasteiger partial charge in [-0.15, -0.1) is 0 Å². The van der Waals surface area contributed by atoms with Gasteiger partial charge < -0.3 is 20.8 Å². The molecule has 0 spiro atoms. The van der Waals surface area contributed by atoms with Gasteiger partial charge >= 0.3 is 15.0 Å². The summed E-state index contributed by atoms with van der Waals surface area (Å²) in [5.74, 6) is 0. The van der Waals surface area contributed by atoms with Crippen LogP contribution in [0.15, 0.2) is 60.7 Å². The van der Waals surface area contributed by atoms with Crippen LogP contribution < -0.4 is 22.4 Å². The number of rotatable bonds is 10. The Kier molecular flexibility index (Phi) is 9.23. The van der Waals surface area contributed by atoms with Crippen LogP contribution in [0.4, 0.5) is 0 Å². The summed E-state index contributed by atoms with van der Waals surface area (Å²) in [5.41, 5.74) is 18.6. The lowest BCUT2D eigenvalue weighted by molar-refractivity contribution is 0.310. The van der Waals surface area contributed by atoms with Crippen LogP contribution in [0.2, 0.25) is 10.0 Å². The van der Waals surface area contributed by atoms with Gasteiger partial charge in [-0.1, -0.05) is 82.7 Å². The van der Waals surface area contributed by atoms with Gasteiger partial charge in [0.2, 0.25) is 0 Å². The molecule has 2 unspecified atom stereocenters.